The van der Waals surface area contributed by atoms with E-state index in [4.69, 9.17) is 4.74 Å². The van der Waals surface area contributed by atoms with Crippen molar-refractivity contribution < 1.29 is 13.9 Å². The van der Waals surface area contributed by atoms with Gasteiger partial charge in [-0.3, -0.25) is 4.79 Å². The molecule has 110 valence electrons. The molecule has 0 saturated heterocycles. The van der Waals surface area contributed by atoms with Crippen molar-refractivity contribution in [2.24, 2.45) is 0 Å². The van der Waals surface area contributed by atoms with Crippen molar-refractivity contribution in [3.63, 3.8) is 0 Å². The molecule has 0 aromatic heterocycles. The van der Waals surface area contributed by atoms with Crippen LogP contribution >= 0.6 is 15.9 Å². The molecule has 0 heterocycles. The van der Waals surface area contributed by atoms with Crippen molar-refractivity contribution in [3.05, 3.63) is 63.9 Å². The Labute approximate surface area is 132 Å². The van der Waals surface area contributed by atoms with Gasteiger partial charge in [-0.25, -0.2) is 4.39 Å². The Morgan fingerprint density at radius 3 is 2.67 bits per heavy atom. The molecule has 4 heteroatoms. The molecule has 0 aliphatic carbocycles. The van der Waals surface area contributed by atoms with Crippen LogP contribution in [0.15, 0.2) is 46.9 Å². The van der Waals surface area contributed by atoms with Gasteiger partial charge in [-0.05, 0) is 43.7 Å². The highest BCUT2D eigenvalue weighted by molar-refractivity contribution is 9.10. The average Bonchev–Trinajstić information content (AvgIpc) is 2.41. The van der Waals surface area contributed by atoms with E-state index >= 15 is 0 Å². The number of rotatable bonds is 5. The lowest BCUT2D eigenvalue weighted by atomic mass is 10.0. The fraction of sp³-hybridized carbons (Fsp3) is 0.235. The van der Waals surface area contributed by atoms with Crippen molar-refractivity contribution in [3.8, 4) is 5.75 Å². The first kappa shape index (κ1) is 15.7. The number of ketones is 1. The van der Waals surface area contributed by atoms with E-state index in [-0.39, 0.29) is 24.1 Å². The molecule has 0 radical (unpaired) electrons. The molecule has 0 aliphatic heterocycles. The normalized spacial score (nSPS) is 10.7. The zero-order valence-corrected chi connectivity index (χ0v) is 13.5. The zero-order chi connectivity index (χ0) is 15.4. The third-order valence-corrected chi connectivity index (χ3v) is 3.63. The van der Waals surface area contributed by atoms with Gasteiger partial charge in [0, 0.05) is 16.5 Å². The smallest absolute Gasteiger partial charge is 0.167 e. The Kier molecular flexibility index (Phi) is 5.12. The topological polar surface area (TPSA) is 26.3 Å². The Hall–Kier alpha value is -1.68. The SMILES string of the molecule is CC(C)Oc1cccc(C(=O)Cc2ccc(F)cc2Br)c1. The Balaban J connectivity index is 2.16. The number of carbonyl (C=O) groups is 1. The molecule has 0 spiro atoms. The minimum atomic E-state index is -0.328. The van der Waals surface area contributed by atoms with Gasteiger partial charge in [-0.15, -0.1) is 0 Å². The summed E-state index contributed by atoms with van der Waals surface area (Å²) in [6, 6.07) is 11.4. The Bertz CT molecular complexity index is 653. The van der Waals surface area contributed by atoms with Crippen molar-refractivity contribution >= 4 is 21.7 Å². The van der Waals surface area contributed by atoms with E-state index in [1.165, 1.54) is 12.1 Å². The van der Waals surface area contributed by atoms with Crippen LogP contribution in [-0.2, 0) is 6.42 Å². The van der Waals surface area contributed by atoms with E-state index in [1.807, 2.05) is 19.9 Å². The first-order valence-corrected chi connectivity index (χ1v) is 7.49. The summed E-state index contributed by atoms with van der Waals surface area (Å²) in [4.78, 5) is 12.3. The van der Waals surface area contributed by atoms with Crippen molar-refractivity contribution in [2.45, 2.75) is 26.4 Å². The van der Waals surface area contributed by atoms with Crippen LogP contribution in [-0.4, -0.2) is 11.9 Å². The van der Waals surface area contributed by atoms with Crippen LogP contribution in [0.3, 0.4) is 0 Å². The molecule has 21 heavy (non-hydrogen) atoms. The largest absolute Gasteiger partial charge is 0.491 e. The van der Waals surface area contributed by atoms with Crippen LogP contribution in [0.25, 0.3) is 0 Å². The average molecular weight is 351 g/mol. The highest BCUT2D eigenvalue weighted by Gasteiger charge is 2.11. The minimum absolute atomic E-state index is 0.0310. The van der Waals surface area contributed by atoms with E-state index in [0.29, 0.717) is 15.8 Å². The highest BCUT2D eigenvalue weighted by Crippen LogP contribution is 2.21. The molecule has 0 amide bonds. The highest BCUT2D eigenvalue weighted by atomic mass is 79.9. The maximum absolute atomic E-state index is 13.1. The summed E-state index contributed by atoms with van der Waals surface area (Å²) < 4.78 is 19.2. The number of Topliss-reactive ketones (excluding diaryl/α,β-unsaturated/α-hetero) is 1. The molecule has 0 unspecified atom stereocenters. The molecule has 0 saturated carbocycles. The summed E-state index contributed by atoms with van der Waals surface area (Å²) >= 11 is 3.28. The minimum Gasteiger partial charge on any atom is -0.491 e. The zero-order valence-electron chi connectivity index (χ0n) is 11.9. The summed E-state index contributed by atoms with van der Waals surface area (Å²) in [6.07, 6.45) is 0.271. The van der Waals surface area contributed by atoms with E-state index < -0.39 is 0 Å². The second-order valence-electron chi connectivity index (χ2n) is 5.03. The molecular weight excluding hydrogens is 335 g/mol. The molecule has 2 rings (SSSR count). The Morgan fingerprint density at radius 2 is 2.00 bits per heavy atom. The van der Waals surface area contributed by atoms with Crippen LogP contribution in [0.4, 0.5) is 4.39 Å². The first-order valence-electron chi connectivity index (χ1n) is 6.69. The van der Waals surface area contributed by atoms with Gasteiger partial charge in [0.25, 0.3) is 0 Å². The predicted octanol–water partition coefficient (Wildman–Crippen LogP) is 4.80. The molecule has 0 aliphatic rings. The third kappa shape index (κ3) is 4.39. The van der Waals surface area contributed by atoms with Gasteiger partial charge in [0.15, 0.2) is 5.78 Å². The number of hydrogen-bond donors (Lipinski definition) is 0. The van der Waals surface area contributed by atoms with Crippen LogP contribution in [0, 0.1) is 5.82 Å². The van der Waals surface area contributed by atoms with Crippen LogP contribution in [0.1, 0.15) is 29.8 Å². The predicted molar refractivity (Wildman–Crippen MR) is 84.3 cm³/mol. The van der Waals surface area contributed by atoms with Gasteiger partial charge >= 0.3 is 0 Å². The third-order valence-electron chi connectivity index (χ3n) is 2.89. The summed E-state index contributed by atoms with van der Waals surface area (Å²) in [5.74, 6) is 0.316. The Morgan fingerprint density at radius 1 is 1.24 bits per heavy atom. The fourth-order valence-corrected chi connectivity index (χ4v) is 2.45. The van der Waals surface area contributed by atoms with Crippen molar-refractivity contribution in [1.82, 2.24) is 0 Å². The summed E-state index contributed by atoms with van der Waals surface area (Å²) in [5.41, 5.74) is 1.35. The number of halogens is 2. The molecule has 0 bridgehead atoms. The molecule has 2 aromatic carbocycles. The van der Waals surface area contributed by atoms with E-state index in [0.717, 1.165) is 5.56 Å². The second-order valence-corrected chi connectivity index (χ2v) is 5.88. The van der Waals surface area contributed by atoms with E-state index in [9.17, 15) is 9.18 Å². The lowest BCUT2D eigenvalue weighted by Gasteiger charge is -2.11. The maximum atomic E-state index is 13.1. The first-order chi connectivity index (χ1) is 9.95. The molecule has 0 fully saturated rings. The number of hydrogen-bond acceptors (Lipinski definition) is 2. The van der Waals surface area contributed by atoms with Gasteiger partial charge in [0.05, 0.1) is 6.10 Å². The number of benzene rings is 2. The number of carbonyl (C=O) groups excluding carboxylic acids is 1. The van der Waals surface area contributed by atoms with Crippen LogP contribution in [0.5, 0.6) is 5.75 Å². The molecular formula is C17H16BrFO2. The fourth-order valence-electron chi connectivity index (χ4n) is 1.96. The maximum Gasteiger partial charge on any atom is 0.167 e. The molecule has 0 atom stereocenters. The van der Waals surface area contributed by atoms with E-state index in [1.54, 1.807) is 24.3 Å². The van der Waals surface area contributed by atoms with Crippen molar-refractivity contribution in [2.75, 3.05) is 0 Å². The van der Waals surface area contributed by atoms with Gasteiger partial charge < -0.3 is 4.74 Å². The van der Waals surface area contributed by atoms with Crippen LogP contribution < -0.4 is 4.74 Å². The van der Waals surface area contributed by atoms with Crippen molar-refractivity contribution in [1.29, 1.82) is 0 Å². The monoisotopic (exact) mass is 350 g/mol. The standard InChI is InChI=1S/C17H16BrFO2/c1-11(2)21-15-5-3-4-13(8-15)17(20)9-12-6-7-14(19)10-16(12)18/h3-8,10-11H,9H2,1-2H3. The van der Waals surface area contributed by atoms with E-state index in [2.05, 4.69) is 15.9 Å². The van der Waals surface area contributed by atoms with Gasteiger partial charge in [-0.1, -0.05) is 34.1 Å². The summed E-state index contributed by atoms with van der Waals surface area (Å²) in [6.45, 7) is 3.87. The molecule has 2 nitrogen and oxygen atoms in total. The summed E-state index contributed by atoms with van der Waals surface area (Å²) in [5, 5.41) is 0. The second kappa shape index (κ2) is 6.85. The van der Waals surface area contributed by atoms with Crippen LogP contribution in [0.2, 0.25) is 0 Å². The lowest BCUT2D eigenvalue weighted by molar-refractivity contribution is 0.0992. The summed E-state index contributed by atoms with van der Waals surface area (Å²) in [7, 11) is 0. The quantitative estimate of drug-likeness (QED) is 0.724. The van der Waals surface area contributed by atoms with Gasteiger partial charge in [0.2, 0.25) is 0 Å². The lowest BCUT2D eigenvalue weighted by Crippen LogP contribution is -2.08. The van der Waals surface area contributed by atoms with Gasteiger partial charge in [-0.2, -0.15) is 0 Å². The van der Waals surface area contributed by atoms with Gasteiger partial charge in [0.1, 0.15) is 11.6 Å². The molecule has 0 N–H and O–H groups in total. The number of ether oxygens (including phenoxy) is 1. The molecule has 2 aromatic rings.